The molecular weight excluding hydrogens is 426 g/mol. The summed E-state index contributed by atoms with van der Waals surface area (Å²) in [6, 6.07) is 17.6. The number of phenols is 1. The second kappa shape index (κ2) is 10.5. The number of ketones is 1. The van der Waals surface area contributed by atoms with Crippen molar-refractivity contribution in [1.82, 2.24) is 14.5 Å². The van der Waals surface area contributed by atoms with Gasteiger partial charge in [0.15, 0.2) is 5.82 Å². The smallest absolute Gasteiger partial charge is 0.159 e. The van der Waals surface area contributed by atoms with E-state index in [1.807, 2.05) is 63.2 Å². The maximum Gasteiger partial charge on any atom is 0.159 e. The molecule has 0 amide bonds. The van der Waals surface area contributed by atoms with Crippen LogP contribution in [0.1, 0.15) is 37.8 Å². The van der Waals surface area contributed by atoms with Crippen molar-refractivity contribution in [3.8, 4) is 23.0 Å². The minimum Gasteiger partial charge on any atom is -0.507 e. The van der Waals surface area contributed by atoms with E-state index in [4.69, 9.17) is 9.72 Å². The van der Waals surface area contributed by atoms with Gasteiger partial charge in [0.1, 0.15) is 23.0 Å². The normalized spacial score (nSPS) is 11.3. The van der Waals surface area contributed by atoms with Crippen molar-refractivity contribution < 1.29 is 14.6 Å². The molecule has 0 radical (unpaired) electrons. The van der Waals surface area contributed by atoms with E-state index in [2.05, 4.69) is 15.6 Å². The van der Waals surface area contributed by atoms with Crippen molar-refractivity contribution in [1.29, 1.82) is 0 Å². The first-order valence-electron chi connectivity index (χ1n) is 11.8. The molecule has 2 heterocycles. The number of pyridine rings is 1. The summed E-state index contributed by atoms with van der Waals surface area (Å²) < 4.78 is 8.18. The lowest BCUT2D eigenvalue weighted by atomic mass is 9.98. The van der Waals surface area contributed by atoms with Crippen LogP contribution in [0.3, 0.4) is 0 Å². The molecule has 2 aromatic carbocycles. The Morgan fingerprint density at radius 3 is 2.62 bits per heavy atom. The van der Waals surface area contributed by atoms with Gasteiger partial charge in [0.2, 0.25) is 0 Å². The number of aromatic nitrogens is 3. The van der Waals surface area contributed by atoms with Crippen molar-refractivity contribution >= 4 is 16.8 Å². The number of carbonyl (C=O) groups is 1. The van der Waals surface area contributed by atoms with E-state index < -0.39 is 0 Å². The quantitative estimate of drug-likeness (QED) is 0.307. The van der Waals surface area contributed by atoms with Gasteiger partial charge in [-0.05, 0) is 50.1 Å². The van der Waals surface area contributed by atoms with Crippen LogP contribution in [-0.4, -0.2) is 32.0 Å². The highest BCUT2D eigenvalue weighted by molar-refractivity contribution is 5.83. The van der Waals surface area contributed by atoms with Crippen LogP contribution >= 0.6 is 0 Å². The minimum absolute atomic E-state index is 0.0542. The second-order valence-electron chi connectivity index (χ2n) is 8.84. The Hall–Kier alpha value is -3.67. The van der Waals surface area contributed by atoms with Gasteiger partial charge in [-0.15, -0.1) is 0 Å². The first-order valence-corrected chi connectivity index (χ1v) is 11.8. The highest BCUT2D eigenvalue weighted by atomic mass is 16.5. The van der Waals surface area contributed by atoms with E-state index in [1.165, 1.54) is 0 Å². The van der Waals surface area contributed by atoms with Gasteiger partial charge >= 0.3 is 0 Å². The van der Waals surface area contributed by atoms with Crippen LogP contribution in [-0.2, 0) is 17.8 Å². The van der Waals surface area contributed by atoms with Crippen molar-refractivity contribution in [2.45, 2.75) is 46.6 Å². The molecule has 0 spiro atoms. The Morgan fingerprint density at radius 2 is 1.85 bits per heavy atom. The van der Waals surface area contributed by atoms with Crippen LogP contribution in [0.25, 0.3) is 22.6 Å². The molecule has 0 fully saturated rings. The number of para-hydroxylation sites is 2. The molecule has 34 heavy (non-hydrogen) atoms. The van der Waals surface area contributed by atoms with Crippen molar-refractivity contribution in [2.75, 3.05) is 6.61 Å². The number of ether oxygens (including phenoxy) is 1. The third kappa shape index (κ3) is 5.11. The molecule has 0 bridgehead atoms. The topological polar surface area (TPSA) is 77.2 Å². The van der Waals surface area contributed by atoms with Gasteiger partial charge in [0, 0.05) is 36.2 Å². The van der Waals surface area contributed by atoms with Gasteiger partial charge in [-0.25, -0.2) is 4.98 Å². The molecule has 4 rings (SSSR count). The predicted octanol–water partition coefficient (Wildman–Crippen LogP) is 5.74. The van der Waals surface area contributed by atoms with Crippen LogP contribution in [0.4, 0.5) is 0 Å². The summed E-state index contributed by atoms with van der Waals surface area (Å²) in [5.41, 5.74) is 4.24. The van der Waals surface area contributed by atoms with Gasteiger partial charge in [-0.2, -0.15) is 0 Å². The number of hydrogen-bond acceptors (Lipinski definition) is 5. The van der Waals surface area contributed by atoms with Gasteiger partial charge in [0.05, 0.1) is 17.6 Å². The highest BCUT2D eigenvalue weighted by Gasteiger charge is 2.16. The van der Waals surface area contributed by atoms with Crippen LogP contribution < -0.4 is 4.74 Å². The van der Waals surface area contributed by atoms with Crippen LogP contribution in [0.5, 0.6) is 11.5 Å². The molecule has 0 saturated carbocycles. The molecule has 1 N–H and O–H groups in total. The van der Waals surface area contributed by atoms with Crippen molar-refractivity contribution in [3.63, 3.8) is 0 Å². The SMILES string of the molecule is Cc1c(OCCCCn2c(-c3ccccn3)nc3ccccc32)ccc(CC(=O)C(C)C)c1O. The first-order chi connectivity index (χ1) is 16.5. The maximum absolute atomic E-state index is 12.0. The number of rotatable bonds is 10. The number of phenolic OH excluding ortho intramolecular Hbond substituents is 1. The Balaban J connectivity index is 1.38. The number of hydrogen-bond donors (Lipinski definition) is 1. The third-order valence-corrected chi connectivity index (χ3v) is 6.06. The molecule has 0 atom stereocenters. The molecule has 0 unspecified atom stereocenters. The van der Waals surface area contributed by atoms with Crippen LogP contribution in [0.2, 0.25) is 0 Å². The molecule has 176 valence electrons. The number of benzene rings is 2. The summed E-state index contributed by atoms with van der Waals surface area (Å²) in [7, 11) is 0. The van der Waals surface area contributed by atoms with E-state index in [9.17, 15) is 9.90 Å². The van der Waals surface area contributed by atoms with E-state index in [0.717, 1.165) is 41.9 Å². The highest BCUT2D eigenvalue weighted by Crippen LogP contribution is 2.31. The standard InChI is InChI=1S/C28H31N3O3/c1-19(2)25(32)18-21-13-14-26(20(3)27(21)33)34-17-9-8-16-31-24-12-5-4-10-22(24)30-28(31)23-11-6-7-15-29-23/h4-7,10-15,19,33H,8-9,16-18H2,1-3H3. The second-order valence-corrected chi connectivity index (χ2v) is 8.84. The summed E-state index contributed by atoms with van der Waals surface area (Å²) in [4.78, 5) is 21.3. The van der Waals surface area contributed by atoms with E-state index >= 15 is 0 Å². The lowest BCUT2D eigenvalue weighted by Crippen LogP contribution is -2.10. The van der Waals surface area contributed by atoms with Gasteiger partial charge in [0.25, 0.3) is 0 Å². The molecule has 6 nitrogen and oxygen atoms in total. The van der Waals surface area contributed by atoms with Gasteiger partial charge in [-0.1, -0.05) is 38.1 Å². The van der Waals surface area contributed by atoms with Crippen molar-refractivity contribution in [2.24, 2.45) is 5.92 Å². The molecule has 0 saturated heterocycles. The first kappa shape index (κ1) is 23.5. The average molecular weight is 458 g/mol. The Morgan fingerprint density at radius 1 is 1.06 bits per heavy atom. The lowest BCUT2D eigenvalue weighted by molar-refractivity contribution is -0.121. The van der Waals surface area contributed by atoms with E-state index in [-0.39, 0.29) is 23.9 Å². The zero-order valence-electron chi connectivity index (χ0n) is 20.0. The summed E-state index contributed by atoms with van der Waals surface area (Å²) >= 11 is 0. The lowest BCUT2D eigenvalue weighted by Gasteiger charge is -2.14. The molecular formula is C28H31N3O3. The maximum atomic E-state index is 12.0. The Bertz CT molecular complexity index is 1280. The summed E-state index contributed by atoms with van der Waals surface area (Å²) in [6.07, 6.45) is 3.78. The molecule has 4 aromatic rings. The molecule has 2 aromatic heterocycles. The molecule has 6 heteroatoms. The van der Waals surface area contributed by atoms with E-state index in [1.54, 1.807) is 12.3 Å². The average Bonchev–Trinajstić information content (AvgIpc) is 3.22. The molecule has 0 aliphatic heterocycles. The summed E-state index contributed by atoms with van der Waals surface area (Å²) in [5.74, 6) is 1.73. The summed E-state index contributed by atoms with van der Waals surface area (Å²) in [5, 5.41) is 10.5. The largest absolute Gasteiger partial charge is 0.507 e. The minimum atomic E-state index is -0.0542. The number of imidazole rings is 1. The Kier molecular flexibility index (Phi) is 7.26. The molecule has 0 aliphatic rings. The van der Waals surface area contributed by atoms with E-state index in [0.29, 0.717) is 23.5 Å². The van der Waals surface area contributed by atoms with Crippen LogP contribution in [0.15, 0.2) is 60.8 Å². The number of Topliss-reactive ketones (excluding diaryl/α,β-unsaturated/α-hetero) is 1. The number of unbranched alkanes of at least 4 members (excludes halogenated alkanes) is 1. The molecule has 0 aliphatic carbocycles. The van der Waals surface area contributed by atoms with Crippen LogP contribution in [0, 0.1) is 12.8 Å². The monoisotopic (exact) mass is 457 g/mol. The number of fused-ring (bicyclic) bond motifs is 1. The number of carbonyl (C=O) groups excluding carboxylic acids is 1. The third-order valence-electron chi connectivity index (χ3n) is 6.06. The zero-order chi connectivity index (χ0) is 24.1. The fourth-order valence-corrected chi connectivity index (χ4v) is 3.98. The fraction of sp³-hybridized carbons (Fsp3) is 0.321. The number of aryl methyl sites for hydroxylation is 1. The van der Waals surface area contributed by atoms with Gasteiger partial charge < -0.3 is 14.4 Å². The fourth-order valence-electron chi connectivity index (χ4n) is 3.98. The number of nitrogens with zero attached hydrogens (tertiary/aromatic N) is 3. The Labute approximate surface area is 200 Å². The van der Waals surface area contributed by atoms with Gasteiger partial charge in [-0.3, -0.25) is 9.78 Å². The summed E-state index contributed by atoms with van der Waals surface area (Å²) in [6.45, 7) is 6.91. The zero-order valence-corrected chi connectivity index (χ0v) is 20.0. The predicted molar refractivity (Wildman–Crippen MR) is 134 cm³/mol. The number of aromatic hydroxyl groups is 1. The van der Waals surface area contributed by atoms with Crippen molar-refractivity contribution in [3.05, 3.63) is 71.9 Å².